The van der Waals surface area contributed by atoms with Crippen molar-refractivity contribution < 1.29 is 4.79 Å². The number of fused-ring (bicyclic) bond motifs is 1. The molecule has 2 aromatic rings. The van der Waals surface area contributed by atoms with E-state index in [1.54, 1.807) is 30.5 Å². The SMILES string of the molecule is N#Cc1cccc(C(=O)N2CC[C@@H]3[C@@H]2CCN3Cc2cccnc2)c1. The molecule has 126 valence electrons. The zero-order chi connectivity index (χ0) is 17.2. The van der Waals surface area contributed by atoms with Crippen LogP contribution in [0.15, 0.2) is 48.8 Å². The fourth-order valence-corrected chi connectivity index (χ4v) is 4.14. The van der Waals surface area contributed by atoms with Crippen LogP contribution in [-0.4, -0.2) is 45.9 Å². The predicted molar refractivity (Wildman–Crippen MR) is 93.7 cm³/mol. The Morgan fingerprint density at radius 2 is 2.08 bits per heavy atom. The van der Waals surface area contributed by atoms with E-state index in [0.29, 0.717) is 17.2 Å². The number of nitrogens with zero attached hydrogens (tertiary/aromatic N) is 4. The maximum absolute atomic E-state index is 12.9. The van der Waals surface area contributed by atoms with Gasteiger partial charge in [0.2, 0.25) is 0 Å². The molecule has 2 aliphatic heterocycles. The van der Waals surface area contributed by atoms with Crippen LogP contribution in [-0.2, 0) is 6.54 Å². The molecule has 2 aliphatic rings. The number of hydrogen-bond acceptors (Lipinski definition) is 4. The number of carbonyl (C=O) groups is 1. The van der Waals surface area contributed by atoms with Crippen molar-refractivity contribution in [1.82, 2.24) is 14.8 Å². The van der Waals surface area contributed by atoms with Crippen LogP contribution in [0.2, 0.25) is 0 Å². The molecule has 2 atom stereocenters. The van der Waals surface area contributed by atoms with Gasteiger partial charge in [-0.25, -0.2) is 0 Å². The maximum atomic E-state index is 12.9. The minimum absolute atomic E-state index is 0.0489. The number of amides is 1. The minimum atomic E-state index is 0.0489. The van der Waals surface area contributed by atoms with Crippen LogP contribution in [0, 0.1) is 11.3 Å². The van der Waals surface area contributed by atoms with Gasteiger partial charge in [0.05, 0.1) is 11.6 Å². The van der Waals surface area contributed by atoms with Gasteiger partial charge in [0.15, 0.2) is 0 Å². The Balaban J connectivity index is 1.48. The van der Waals surface area contributed by atoms with Gasteiger partial charge in [-0.05, 0) is 42.7 Å². The predicted octanol–water partition coefficient (Wildman–Crippen LogP) is 2.44. The van der Waals surface area contributed by atoms with Gasteiger partial charge in [0, 0.05) is 49.7 Å². The van der Waals surface area contributed by atoms with Gasteiger partial charge in [0.25, 0.3) is 5.91 Å². The highest BCUT2D eigenvalue weighted by molar-refractivity contribution is 5.95. The van der Waals surface area contributed by atoms with E-state index < -0.39 is 0 Å². The minimum Gasteiger partial charge on any atom is -0.334 e. The van der Waals surface area contributed by atoms with Gasteiger partial charge >= 0.3 is 0 Å². The zero-order valence-electron chi connectivity index (χ0n) is 14.0. The summed E-state index contributed by atoms with van der Waals surface area (Å²) in [6.07, 6.45) is 5.73. The van der Waals surface area contributed by atoms with Crippen LogP contribution in [0.3, 0.4) is 0 Å². The molecule has 0 spiro atoms. The molecule has 0 radical (unpaired) electrons. The van der Waals surface area contributed by atoms with Gasteiger partial charge < -0.3 is 4.90 Å². The van der Waals surface area contributed by atoms with Crippen molar-refractivity contribution in [2.24, 2.45) is 0 Å². The van der Waals surface area contributed by atoms with Crippen LogP contribution >= 0.6 is 0 Å². The Hall–Kier alpha value is -2.71. The summed E-state index contributed by atoms with van der Waals surface area (Å²) >= 11 is 0. The molecule has 0 N–H and O–H groups in total. The fraction of sp³-hybridized carbons (Fsp3) is 0.350. The molecule has 5 nitrogen and oxygen atoms in total. The van der Waals surface area contributed by atoms with Crippen molar-refractivity contribution in [2.45, 2.75) is 31.5 Å². The molecule has 2 saturated heterocycles. The summed E-state index contributed by atoms with van der Waals surface area (Å²) in [7, 11) is 0. The van der Waals surface area contributed by atoms with Crippen molar-refractivity contribution in [3.8, 4) is 6.07 Å². The lowest BCUT2D eigenvalue weighted by atomic mass is 10.1. The molecule has 0 unspecified atom stereocenters. The van der Waals surface area contributed by atoms with Crippen LogP contribution in [0.25, 0.3) is 0 Å². The molecule has 0 saturated carbocycles. The average Bonchev–Trinajstić information content (AvgIpc) is 3.25. The first-order valence-electron chi connectivity index (χ1n) is 8.70. The second-order valence-corrected chi connectivity index (χ2v) is 6.73. The van der Waals surface area contributed by atoms with E-state index in [2.05, 4.69) is 22.0 Å². The van der Waals surface area contributed by atoms with E-state index in [1.165, 1.54) is 5.56 Å². The highest BCUT2D eigenvalue weighted by atomic mass is 16.2. The normalized spacial score (nSPS) is 22.6. The number of likely N-dealkylation sites (tertiary alicyclic amines) is 2. The molecule has 1 aromatic carbocycles. The first kappa shape index (κ1) is 15.8. The third-order valence-corrected chi connectivity index (χ3v) is 5.30. The first-order valence-corrected chi connectivity index (χ1v) is 8.70. The summed E-state index contributed by atoms with van der Waals surface area (Å²) in [5, 5.41) is 9.05. The van der Waals surface area contributed by atoms with E-state index in [0.717, 1.165) is 32.5 Å². The monoisotopic (exact) mass is 332 g/mol. The topological polar surface area (TPSA) is 60.2 Å². The lowest BCUT2D eigenvalue weighted by Crippen LogP contribution is -2.39. The summed E-state index contributed by atoms with van der Waals surface area (Å²) in [4.78, 5) is 21.6. The number of pyridine rings is 1. The van der Waals surface area contributed by atoms with Gasteiger partial charge in [-0.2, -0.15) is 5.26 Å². The number of hydrogen-bond donors (Lipinski definition) is 0. The summed E-state index contributed by atoms with van der Waals surface area (Å²) < 4.78 is 0. The number of benzene rings is 1. The Bertz CT molecular complexity index is 814. The smallest absolute Gasteiger partial charge is 0.254 e. The Morgan fingerprint density at radius 1 is 1.20 bits per heavy atom. The first-order chi connectivity index (χ1) is 12.3. The fourth-order valence-electron chi connectivity index (χ4n) is 4.14. The van der Waals surface area contributed by atoms with Crippen molar-refractivity contribution in [2.75, 3.05) is 13.1 Å². The van der Waals surface area contributed by atoms with E-state index in [-0.39, 0.29) is 11.9 Å². The van der Waals surface area contributed by atoms with Gasteiger partial charge in [-0.1, -0.05) is 12.1 Å². The third-order valence-electron chi connectivity index (χ3n) is 5.30. The molecule has 1 amide bonds. The van der Waals surface area contributed by atoms with Crippen molar-refractivity contribution in [3.63, 3.8) is 0 Å². The molecule has 25 heavy (non-hydrogen) atoms. The summed E-state index contributed by atoms with van der Waals surface area (Å²) in [5.41, 5.74) is 2.37. The zero-order valence-corrected chi connectivity index (χ0v) is 14.0. The molecule has 0 bridgehead atoms. The van der Waals surface area contributed by atoms with Crippen molar-refractivity contribution >= 4 is 5.91 Å². The Morgan fingerprint density at radius 3 is 2.88 bits per heavy atom. The molecule has 1 aromatic heterocycles. The molecule has 5 heteroatoms. The molecule has 0 aliphatic carbocycles. The van der Waals surface area contributed by atoms with E-state index in [9.17, 15) is 4.79 Å². The van der Waals surface area contributed by atoms with E-state index in [4.69, 9.17) is 5.26 Å². The quantitative estimate of drug-likeness (QED) is 0.866. The lowest BCUT2D eigenvalue weighted by molar-refractivity contribution is 0.0732. The van der Waals surface area contributed by atoms with Gasteiger partial charge in [-0.3, -0.25) is 14.7 Å². The molecule has 2 fully saturated rings. The summed E-state index contributed by atoms with van der Waals surface area (Å²) in [5.74, 6) is 0.0489. The second kappa shape index (κ2) is 6.66. The standard InChI is InChI=1S/C20H20N4O/c21-12-15-3-1-5-17(11-15)20(25)24-10-7-18-19(24)6-9-23(18)14-16-4-2-8-22-13-16/h1-5,8,11,13,18-19H,6-7,9-10,14H2/t18-,19+/m1/s1. The van der Waals surface area contributed by atoms with Crippen LogP contribution in [0.5, 0.6) is 0 Å². The van der Waals surface area contributed by atoms with Crippen LogP contribution in [0.4, 0.5) is 0 Å². The number of rotatable bonds is 3. The molecular weight excluding hydrogens is 312 g/mol. The van der Waals surface area contributed by atoms with Crippen LogP contribution < -0.4 is 0 Å². The van der Waals surface area contributed by atoms with Crippen molar-refractivity contribution in [1.29, 1.82) is 5.26 Å². The Labute approximate surface area is 147 Å². The number of nitriles is 1. The third kappa shape index (κ3) is 3.01. The summed E-state index contributed by atoms with van der Waals surface area (Å²) in [6.45, 7) is 2.68. The molecular formula is C20H20N4O. The van der Waals surface area contributed by atoms with Crippen LogP contribution in [0.1, 0.15) is 34.3 Å². The van der Waals surface area contributed by atoms with E-state index >= 15 is 0 Å². The van der Waals surface area contributed by atoms with Gasteiger partial charge in [-0.15, -0.1) is 0 Å². The second-order valence-electron chi connectivity index (χ2n) is 6.73. The van der Waals surface area contributed by atoms with E-state index in [1.807, 2.05) is 17.2 Å². The van der Waals surface area contributed by atoms with Gasteiger partial charge in [0.1, 0.15) is 0 Å². The summed E-state index contributed by atoms with van der Waals surface area (Å²) in [6, 6.07) is 13.9. The molecule has 3 heterocycles. The Kier molecular flexibility index (Phi) is 4.21. The maximum Gasteiger partial charge on any atom is 0.254 e. The number of aromatic nitrogens is 1. The molecule has 4 rings (SSSR count). The number of carbonyl (C=O) groups excluding carboxylic acids is 1. The average molecular weight is 332 g/mol. The lowest BCUT2D eigenvalue weighted by Gasteiger charge is -2.25. The van der Waals surface area contributed by atoms with Crippen molar-refractivity contribution in [3.05, 3.63) is 65.5 Å². The highest BCUT2D eigenvalue weighted by Crippen LogP contribution is 2.33. The largest absolute Gasteiger partial charge is 0.334 e. The highest BCUT2D eigenvalue weighted by Gasteiger charge is 2.44.